The molecule has 0 saturated carbocycles. The third kappa shape index (κ3) is 2.32. The van der Waals surface area contributed by atoms with Crippen LogP contribution in [0.3, 0.4) is 0 Å². The van der Waals surface area contributed by atoms with Crippen molar-refractivity contribution in [3.05, 3.63) is 11.6 Å². The summed E-state index contributed by atoms with van der Waals surface area (Å²) in [6.07, 6.45) is 2.36. The summed E-state index contributed by atoms with van der Waals surface area (Å²) < 4.78 is 7.87. The van der Waals surface area contributed by atoms with Gasteiger partial charge in [-0.2, -0.15) is 0 Å². The standard InChI is InChI=1S/C9H14N4O.2ClH/c1-2-8-11-12-9(13(8)4-1)7-6-10-3-5-14-7;;/h7,10H,1-6H2;2*1H. The topological polar surface area (TPSA) is 52.0 Å². The summed E-state index contributed by atoms with van der Waals surface area (Å²) in [5, 5.41) is 11.7. The van der Waals surface area contributed by atoms with Gasteiger partial charge in [0.1, 0.15) is 11.9 Å². The van der Waals surface area contributed by atoms with E-state index in [0.717, 1.165) is 44.3 Å². The molecule has 0 aromatic carbocycles. The maximum absolute atomic E-state index is 5.66. The Morgan fingerprint density at radius 3 is 2.94 bits per heavy atom. The Balaban J connectivity index is 0.000000640. The van der Waals surface area contributed by atoms with Crippen LogP contribution < -0.4 is 5.32 Å². The molecule has 2 aliphatic heterocycles. The summed E-state index contributed by atoms with van der Waals surface area (Å²) in [7, 11) is 0. The molecule has 1 aromatic rings. The summed E-state index contributed by atoms with van der Waals surface area (Å²) in [6.45, 7) is 3.63. The van der Waals surface area contributed by atoms with E-state index in [-0.39, 0.29) is 30.9 Å². The van der Waals surface area contributed by atoms with Crippen molar-refractivity contribution < 1.29 is 4.74 Å². The number of halogens is 2. The van der Waals surface area contributed by atoms with E-state index in [1.165, 1.54) is 6.42 Å². The monoisotopic (exact) mass is 266 g/mol. The zero-order chi connectivity index (χ0) is 9.38. The van der Waals surface area contributed by atoms with Gasteiger partial charge < -0.3 is 14.6 Å². The second kappa shape index (κ2) is 5.82. The van der Waals surface area contributed by atoms with E-state index in [0.29, 0.717) is 0 Å². The molecule has 1 aromatic heterocycles. The molecule has 1 fully saturated rings. The van der Waals surface area contributed by atoms with Gasteiger partial charge in [-0.25, -0.2) is 0 Å². The molecule has 7 heteroatoms. The zero-order valence-electron chi connectivity index (χ0n) is 8.89. The van der Waals surface area contributed by atoms with E-state index in [1.54, 1.807) is 0 Å². The number of nitrogens with zero attached hydrogens (tertiary/aromatic N) is 3. The van der Waals surface area contributed by atoms with E-state index >= 15 is 0 Å². The number of aryl methyl sites for hydroxylation is 1. The molecule has 2 aliphatic rings. The van der Waals surface area contributed by atoms with Gasteiger partial charge in [0.2, 0.25) is 0 Å². The highest BCUT2D eigenvalue weighted by Crippen LogP contribution is 2.22. The minimum absolute atomic E-state index is 0. The van der Waals surface area contributed by atoms with E-state index in [1.807, 2.05) is 0 Å². The number of fused-ring (bicyclic) bond motifs is 1. The molecule has 1 atom stereocenters. The van der Waals surface area contributed by atoms with Gasteiger partial charge in [0.05, 0.1) is 6.61 Å². The van der Waals surface area contributed by atoms with E-state index < -0.39 is 0 Å². The van der Waals surface area contributed by atoms with Crippen LogP contribution in [0.2, 0.25) is 0 Å². The van der Waals surface area contributed by atoms with Crippen molar-refractivity contribution in [2.24, 2.45) is 0 Å². The Morgan fingerprint density at radius 1 is 1.31 bits per heavy atom. The van der Waals surface area contributed by atoms with Crippen LogP contribution in [0.25, 0.3) is 0 Å². The third-order valence-corrected chi connectivity index (χ3v) is 2.85. The van der Waals surface area contributed by atoms with Gasteiger partial charge in [-0.05, 0) is 6.42 Å². The fraction of sp³-hybridized carbons (Fsp3) is 0.778. The van der Waals surface area contributed by atoms with Gasteiger partial charge in [0, 0.05) is 26.1 Å². The lowest BCUT2D eigenvalue weighted by atomic mass is 10.3. The molecule has 0 amide bonds. The Kier molecular flexibility index (Phi) is 4.98. The molecule has 0 aliphatic carbocycles. The number of aromatic nitrogens is 3. The van der Waals surface area contributed by atoms with Crippen molar-refractivity contribution in [2.45, 2.75) is 25.5 Å². The maximum atomic E-state index is 5.66. The second-order valence-electron chi connectivity index (χ2n) is 3.79. The third-order valence-electron chi connectivity index (χ3n) is 2.85. The summed E-state index contributed by atoms with van der Waals surface area (Å²) in [5.74, 6) is 2.12. The van der Waals surface area contributed by atoms with E-state index in [2.05, 4.69) is 20.1 Å². The molecular formula is C9H16Cl2N4O. The van der Waals surface area contributed by atoms with Crippen molar-refractivity contribution in [2.75, 3.05) is 19.7 Å². The van der Waals surface area contributed by atoms with Crippen molar-refractivity contribution in [3.63, 3.8) is 0 Å². The van der Waals surface area contributed by atoms with Gasteiger partial charge in [0.25, 0.3) is 0 Å². The summed E-state index contributed by atoms with van der Waals surface area (Å²) >= 11 is 0. The summed E-state index contributed by atoms with van der Waals surface area (Å²) in [5.41, 5.74) is 0. The first kappa shape index (κ1) is 13.7. The summed E-state index contributed by atoms with van der Waals surface area (Å²) in [4.78, 5) is 0. The van der Waals surface area contributed by atoms with Crippen LogP contribution in [0.1, 0.15) is 24.2 Å². The highest BCUT2D eigenvalue weighted by Gasteiger charge is 2.25. The largest absolute Gasteiger partial charge is 0.368 e. The second-order valence-corrected chi connectivity index (χ2v) is 3.79. The first-order valence-corrected chi connectivity index (χ1v) is 5.19. The first-order valence-electron chi connectivity index (χ1n) is 5.19. The molecule has 16 heavy (non-hydrogen) atoms. The van der Waals surface area contributed by atoms with Crippen molar-refractivity contribution >= 4 is 24.8 Å². The highest BCUT2D eigenvalue weighted by atomic mass is 35.5. The fourth-order valence-electron chi connectivity index (χ4n) is 2.14. The van der Waals surface area contributed by atoms with Crippen LogP contribution in [0.4, 0.5) is 0 Å². The van der Waals surface area contributed by atoms with Crippen LogP contribution in [-0.2, 0) is 17.7 Å². The molecule has 3 rings (SSSR count). The minimum Gasteiger partial charge on any atom is -0.368 e. The molecule has 3 heterocycles. The van der Waals surface area contributed by atoms with Gasteiger partial charge in [-0.1, -0.05) is 0 Å². The molecule has 92 valence electrons. The van der Waals surface area contributed by atoms with Crippen molar-refractivity contribution in [3.8, 4) is 0 Å². The molecule has 1 unspecified atom stereocenters. The Bertz CT molecular complexity index is 338. The van der Waals surface area contributed by atoms with Gasteiger partial charge in [-0.3, -0.25) is 0 Å². The normalized spacial score (nSPS) is 23.1. The fourth-order valence-corrected chi connectivity index (χ4v) is 2.14. The predicted molar refractivity (Wildman–Crippen MR) is 64.4 cm³/mol. The zero-order valence-corrected chi connectivity index (χ0v) is 10.5. The molecular weight excluding hydrogens is 251 g/mol. The van der Waals surface area contributed by atoms with E-state index in [4.69, 9.17) is 4.74 Å². The lowest BCUT2D eigenvalue weighted by Gasteiger charge is -2.22. The maximum Gasteiger partial charge on any atom is 0.163 e. The SMILES string of the molecule is C1Cc2nnc(C3CNCCO3)n2C1.Cl.Cl. The van der Waals surface area contributed by atoms with Crippen LogP contribution in [0.5, 0.6) is 0 Å². The number of hydrogen-bond acceptors (Lipinski definition) is 4. The minimum atomic E-state index is 0. The first-order chi connectivity index (χ1) is 6.95. The summed E-state index contributed by atoms with van der Waals surface area (Å²) in [6, 6.07) is 0. The molecule has 0 spiro atoms. The van der Waals surface area contributed by atoms with Gasteiger partial charge in [0.15, 0.2) is 5.82 Å². The van der Waals surface area contributed by atoms with Crippen LogP contribution in [0, 0.1) is 0 Å². The van der Waals surface area contributed by atoms with Crippen LogP contribution >= 0.6 is 24.8 Å². The number of ether oxygens (including phenoxy) is 1. The van der Waals surface area contributed by atoms with Gasteiger partial charge in [-0.15, -0.1) is 35.0 Å². The Labute approximate surface area is 107 Å². The average Bonchev–Trinajstić information content (AvgIpc) is 2.79. The van der Waals surface area contributed by atoms with Gasteiger partial charge >= 0.3 is 0 Å². The van der Waals surface area contributed by atoms with Crippen molar-refractivity contribution in [1.29, 1.82) is 0 Å². The highest BCUT2D eigenvalue weighted by molar-refractivity contribution is 5.85. The Morgan fingerprint density at radius 2 is 2.19 bits per heavy atom. The smallest absolute Gasteiger partial charge is 0.163 e. The number of rotatable bonds is 1. The van der Waals surface area contributed by atoms with E-state index in [9.17, 15) is 0 Å². The molecule has 0 radical (unpaired) electrons. The predicted octanol–water partition coefficient (Wildman–Crippen LogP) is 0.729. The number of nitrogens with one attached hydrogen (secondary N) is 1. The average molecular weight is 267 g/mol. The lowest BCUT2D eigenvalue weighted by molar-refractivity contribution is 0.0199. The number of hydrogen-bond donors (Lipinski definition) is 1. The van der Waals surface area contributed by atoms with Crippen LogP contribution in [0.15, 0.2) is 0 Å². The number of morpholine rings is 1. The molecule has 1 N–H and O–H groups in total. The van der Waals surface area contributed by atoms with Crippen molar-refractivity contribution in [1.82, 2.24) is 20.1 Å². The quantitative estimate of drug-likeness (QED) is 0.815. The molecule has 0 bridgehead atoms. The Hall–Kier alpha value is -0.360. The molecule has 1 saturated heterocycles. The lowest BCUT2D eigenvalue weighted by Crippen LogP contribution is -2.34. The molecule has 5 nitrogen and oxygen atoms in total. The van der Waals surface area contributed by atoms with Crippen LogP contribution in [-0.4, -0.2) is 34.5 Å².